The lowest BCUT2D eigenvalue weighted by molar-refractivity contribution is 0.115. The number of benzene rings is 2. The van der Waals surface area contributed by atoms with Gasteiger partial charge < -0.3 is 15.0 Å². The fourth-order valence-corrected chi connectivity index (χ4v) is 3.30. The average molecular weight is 408 g/mol. The largest absolute Gasteiger partial charge is 0.497 e. The Morgan fingerprint density at radius 1 is 1.17 bits per heavy atom. The number of carbonyl (C=O) groups excluding carboxylic acids is 1. The van der Waals surface area contributed by atoms with Crippen LogP contribution in [0.1, 0.15) is 11.6 Å². The minimum atomic E-state index is -0.365. The van der Waals surface area contributed by atoms with Crippen LogP contribution in [-0.2, 0) is 6.54 Å². The number of nitrogens with one attached hydrogen (secondary N) is 1. The molecule has 1 aliphatic rings. The Morgan fingerprint density at radius 2 is 1.93 bits per heavy atom. The molecule has 4 rings (SSSR count). The smallest absolute Gasteiger partial charge is 0.317 e. The van der Waals surface area contributed by atoms with Gasteiger partial charge in [-0.3, -0.25) is 4.79 Å². The highest BCUT2D eigenvalue weighted by molar-refractivity contribution is 5.75. The maximum atomic E-state index is 13.5. The van der Waals surface area contributed by atoms with E-state index in [1.54, 1.807) is 30.2 Å². The molecule has 0 saturated carbocycles. The molecule has 154 valence electrons. The molecule has 30 heavy (non-hydrogen) atoms. The SMILES string of the molecule is COc1ccc(CNC(=O)N2CC(n3nc(-c4cccc(F)c4)ccc3=O)C2)cc1. The fraction of sp³-hybridized carbons (Fsp3) is 0.227. The first-order valence-electron chi connectivity index (χ1n) is 9.55. The van der Waals surface area contributed by atoms with Crippen LogP contribution < -0.4 is 15.6 Å². The van der Waals surface area contributed by atoms with Crippen molar-refractivity contribution in [3.8, 4) is 17.0 Å². The van der Waals surface area contributed by atoms with Gasteiger partial charge in [0.1, 0.15) is 11.6 Å². The van der Waals surface area contributed by atoms with Crippen LogP contribution in [0, 0.1) is 5.82 Å². The highest BCUT2D eigenvalue weighted by atomic mass is 19.1. The second-order valence-corrected chi connectivity index (χ2v) is 7.08. The zero-order valence-corrected chi connectivity index (χ0v) is 16.4. The molecule has 7 nitrogen and oxygen atoms in total. The van der Waals surface area contributed by atoms with Crippen molar-refractivity contribution in [1.29, 1.82) is 0 Å². The highest BCUT2D eigenvalue weighted by Gasteiger charge is 2.33. The Hall–Kier alpha value is -3.68. The molecule has 0 spiro atoms. The van der Waals surface area contributed by atoms with Gasteiger partial charge in [0.15, 0.2) is 0 Å². The van der Waals surface area contributed by atoms with Gasteiger partial charge in [0.2, 0.25) is 0 Å². The van der Waals surface area contributed by atoms with E-state index in [1.807, 2.05) is 24.3 Å². The molecule has 2 aromatic carbocycles. The molecule has 1 aromatic heterocycles. The summed E-state index contributed by atoms with van der Waals surface area (Å²) in [5, 5.41) is 7.24. The number of likely N-dealkylation sites (tertiary alicyclic amines) is 1. The number of nitrogens with zero attached hydrogens (tertiary/aromatic N) is 3. The van der Waals surface area contributed by atoms with Gasteiger partial charge in [-0.05, 0) is 35.9 Å². The Balaban J connectivity index is 1.37. The Bertz CT molecular complexity index is 1110. The molecule has 2 amide bonds. The van der Waals surface area contributed by atoms with Gasteiger partial charge in [0.05, 0.1) is 18.8 Å². The normalized spacial score (nSPS) is 13.6. The van der Waals surface area contributed by atoms with Gasteiger partial charge >= 0.3 is 6.03 Å². The third kappa shape index (κ3) is 4.17. The van der Waals surface area contributed by atoms with Gasteiger partial charge in [0, 0.05) is 31.3 Å². The van der Waals surface area contributed by atoms with Crippen LogP contribution in [0.3, 0.4) is 0 Å². The molecule has 0 atom stereocenters. The third-order valence-corrected chi connectivity index (χ3v) is 5.04. The molecular weight excluding hydrogens is 387 g/mol. The van der Waals surface area contributed by atoms with E-state index < -0.39 is 0 Å². The van der Waals surface area contributed by atoms with Crippen molar-refractivity contribution >= 4 is 6.03 Å². The average Bonchev–Trinajstić information content (AvgIpc) is 2.73. The summed E-state index contributed by atoms with van der Waals surface area (Å²) in [7, 11) is 1.60. The molecule has 3 aromatic rings. The van der Waals surface area contributed by atoms with Crippen LogP contribution in [0.15, 0.2) is 65.5 Å². The summed E-state index contributed by atoms with van der Waals surface area (Å²) >= 11 is 0. The number of urea groups is 1. The first-order chi connectivity index (χ1) is 14.5. The lowest BCUT2D eigenvalue weighted by Crippen LogP contribution is -2.56. The number of rotatable bonds is 5. The van der Waals surface area contributed by atoms with Gasteiger partial charge in [-0.25, -0.2) is 13.9 Å². The summed E-state index contributed by atoms with van der Waals surface area (Å²) in [4.78, 5) is 26.2. The standard InChI is InChI=1S/C22H21FN4O3/c1-30-19-7-5-15(6-8-19)12-24-22(29)26-13-18(14-26)27-21(28)10-9-20(25-27)16-3-2-4-17(23)11-16/h2-11,18H,12-14H2,1H3,(H,24,29). The second kappa shape index (κ2) is 8.36. The molecule has 1 N–H and O–H groups in total. The van der Waals surface area contributed by atoms with E-state index in [4.69, 9.17) is 4.74 Å². The molecule has 1 saturated heterocycles. The zero-order chi connectivity index (χ0) is 21.1. The minimum Gasteiger partial charge on any atom is -0.497 e. The minimum absolute atomic E-state index is 0.198. The molecule has 0 bridgehead atoms. The van der Waals surface area contributed by atoms with Crippen molar-refractivity contribution in [3.05, 3.63) is 82.4 Å². The Kier molecular flexibility index (Phi) is 5.47. The second-order valence-electron chi connectivity index (χ2n) is 7.08. The predicted molar refractivity (Wildman–Crippen MR) is 110 cm³/mol. The first-order valence-corrected chi connectivity index (χ1v) is 9.55. The first kappa shape index (κ1) is 19.6. The lowest BCUT2D eigenvalue weighted by Gasteiger charge is -2.39. The van der Waals surface area contributed by atoms with Crippen LogP contribution in [0.4, 0.5) is 9.18 Å². The van der Waals surface area contributed by atoms with Crippen LogP contribution >= 0.6 is 0 Å². The van der Waals surface area contributed by atoms with Crippen LogP contribution in [0.25, 0.3) is 11.3 Å². The summed E-state index contributed by atoms with van der Waals surface area (Å²) in [5.41, 5.74) is 1.81. The number of halogens is 1. The third-order valence-electron chi connectivity index (χ3n) is 5.04. The van der Waals surface area contributed by atoms with Crippen molar-refractivity contribution in [1.82, 2.24) is 20.0 Å². The molecule has 8 heteroatoms. The van der Waals surface area contributed by atoms with E-state index in [0.29, 0.717) is 30.9 Å². The van der Waals surface area contributed by atoms with Crippen molar-refractivity contribution in [2.75, 3.05) is 20.2 Å². The predicted octanol–water partition coefficient (Wildman–Crippen LogP) is 2.82. The maximum Gasteiger partial charge on any atom is 0.317 e. The number of aromatic nitrogens is 2. The van der Waals surface area contributed by atoms with E-state index in [9.17, 15) is 14.0 Å². The molecule has 0 radical (unpaired) electrons. The van der Waals surface area contributed by atoms with Crippen LogP contribution in [0.5, 0.6) is 5.75 Å². The van der Waals surface area contributed by atoms with E-state index in [-0.39, 0.29) is 23.4 Å². The van der Waals surface area contributed by atoms with Gasteiger partial charge in [-0.2, -0.15) is 5.10 Å². The lowest BCUT2D eigenvalue weighted by atomic mass is 10.1. The summed E-state index contributed by atoms with van der Waals surface area (Å²) < 4.78 is 20.0. The van der Waals surface area contributed by atoms with Crippen molar-refractivity contribution in [2.24, 2.45) is 0 Å². The van der Waals surface area contributed by atoms with E-state index in [1.165, 1.54) is 22.9 Å². The van der Waals surface area contributed by atoms with Crippen molar-refractivity contribution in [3.63, 3.8) is 0 Å². The van der Waals surface area contributed by atoms with Gasteiger partial charge in [-0.15, -0.1) is 0 Å². The van der Waals surface area contributed by atoms with Gasteiger partial charge in [0.25, 0.3) is 5.56 Å². The van der Waals surface area contributed by atoms with Crippen molar-refractivity contribution in [2.45, 2.75) is 12.6 Å². The van der Waals surface area contributed by atoms with E-state index >= 15 is 0 Å². The number of hydrogen-bond acceptors (Lipinski definition) is 4. The quantitative estimate of drug-likeness (QED) is 0.704. The Morgan fingerprint density at radius 3 is 2.63 bits per heavy atom. The zero-order valence-electron chi connectivity index (χ0n) is 16.4. The van der Waals surface area contributed by atoms with Crippen LogP contribution in [-0.4, -0.2) is 40.9 Å². The molecular formula is C22H21FN4O3. The summed E-state index contributed by atoms with van der Waals surface area (Å²) in [5.74, 6) is 0.393. The van der Waals surface area contributed by atoms with Gasteiger partial charge in [-0.1, -0.05) is 24.3 Å². The molecule has 1 aliphatic heterocycles. The Labute approximate surface area is 172 Å². The topological polar surface area (TPSA) is 76.5 Å². The monoisotopic (exact) mass is 408 g/mol. The maximum absolute atomic E-state index is 13.5. The molecule has 1 fully saturated rings. The van der Waals surface area contributed by atoms with E-state index in [2.05, 4.69) is 10.4 Å². The number of amides is 2. The van der Waals surface area contributed by atoms with Crippen LogP contribution in [0.2, 0.25) is 0 Å². The van der Waals surface area contributed by atoms with E-state index in [0.717, 1.165) is 11.3 Å². The molecule has 0 unspecified atom stereocenters. The number of methoxy groups -OCH3 is 1. The summed E-state index contributed by atoms with van der Waals surface area (Å²) in [6.07, 6.45) is 0. The highest BCUT2D eigenvalue weighted by Crippen LogP contribution is 2.21. The molecule has 0 aliphatic carbocycles. The summed E-state index contributed by atoms with van der Waals surface area (Å²) in [6.45, 7) is 1.17. The molecule has 2 heterocycles. The number of carbonyl (C=O) groups is 1. The summed E-state index contributed by atoms with van der Waals surface area (Å²) in [6, 6.07) is 16.1. The van der Waals surface area contributed by atoms with Crippen molar-refractivity contribution < 1.29 is 13.9 Å². The number of hydrogen-bond donors (Lipinski definition) is 1. The number of ether oxygens (including phenoxy) is 1. The fourth-order valence-electron chi connectivity index (χ4n) is 3.30.